The lowest BCUT2D eigenvalue weighted by Gasteiger charge is -2.04. The maximum Gasteiger partial charge on any atom is 0.117 e. The minimum atomic E-state index is 0.408. The van der Waals surface area contributed by atoms with E-state index in [-0.39, 0.29) is 0 Å². The molecule has 0 heterocycles. The zero-order valence-electron chi connectivity index (χ0n) is 7.30. The summed E-state index contributed by atoms with van der Waals surface area (Å²) in [5.41, 5.74) is 2.73. The smallest absolute Gasteiger partial charge is 0.0807 e. The molecule has 1 unspecified atom stereocenters. The molecule has 0 aromatic heterocycles. The van der Waals surface area contributed by atoms with E-state index in [0.717, 1.165) is 6.42 Å². The van der Waals surface area contributed by atoms with Crippen LogP contribution in [-0.2, 0) is 0 Å². The second-order valence-electron chi connectivity index (χ2n) is 3.07. The third-order valence-electron chi connectivity index (χ3n) is 1.94. The molecular weight excluding hydrogens is 132 g/mol. The molecule has 1 aliphatic carbocycles. The van der Waals surface area contributed by atoms with Gasteiger partial charge in [0.1, 0.15) is 5.92 Å². The Balaban J connectivity index is 2.86. The summed E-state index contributed by atoms with van der Waals surface area (Å²) in [6, 6.07) is 0. The van der Waals surface area contributed by atoms with Crippen LogP contribution in [0.2, 0.25) is 0 Å². The average molecular weight is 147 g/mol. The summed E-state index contributed by atoms with van der Waals surface area (Å²) < 4.78 is 0. The van der Waals surface area contributed by atoms with Crippen molar-refractivity contribution in [2.45, 2.75) is 20.3 Å². The maximum atomic E-state index is 4.02. The van der Waals surface area contributed by atoms with Gasteiger partial charge in [-0.05, 0) is 31.4 Å². The molecule has 1 atom stereocenters. The third-order valence-corrected chi connectivity index (χ3v) is 1.94. The van der Waals surface area contributed by atoms with Gasteiger partial charge < -0.3 is 0 Å². The highest BCUT2D eigenvalue weighted by atomic mass is 14.1. The molecule has 0 bridgehead atoms. The van der Waals surface area contributed by atoms with E-state index in [1.807, 2.05) is 0 Å². The molecule has 0 amide bonds. The second-order valence-corrected chi connectivity index (χ2v) is 3.07. The molecule has 0 aromatic rings. The van der Waals surface area contributed by atoms with Crippen LogP contribution >= 0.6 is 0 Å². The summed E-state index contributed by atoms with van der Waals surface area (Å²) in [4.78, 5) is 0. The Labute approximate surface area is 69.3 Å². The Kier molecular flexibility index (Phi) is 2.58. The van der Waals surface area contributed by atoms with E-state index in [0.29, 0.717) is 5.92 Å². The Morgan fingerprint density at radius 3 is 2.91 bits per heavy atom. The van der Waals surface area contributed by atoms with Crippen LogP contribution in [0.5, 0.6) is 0 Å². The molecule has 1 aliphatic rings. The lowest BCUT2D eigenvalue weighted by atomic mass is 9.96. The van der Waals surface area contributed by atoms with Crippen LogP contribution in [-0.4, -0.2) is 0 Å². The molecule has 0 nitrogen and oxygen atoms in total. The standard InChI is InChI=1S/C11H15/c1-9(2)11-8-6-4-5-7-10(11)3/h4-5,7-9H,1,6H2,2-3H3/q+1. The van der Waals surface area contributed by atoms with Gasteiger partial charge >= 0.3 is 0 Å². The first-order chi connectivity index (χ1) is 5.22. The first kappa shape index (κ1) is 8.19. The minimum absolute atomic E-state index is 0.408. The van der Waals surface area contributed by atoms with Gasteiger partial charge in [0.25, 0.3) is 0 Å². The Morgan fingerprint density at radius 1 is 1.55 bits per heavy atom. The molecule has 58 valence electrons. The molecule has 0 saturated heterocycles. The average Bonchev–Trinajstić information content (AvgIpc) is 2.13. The van der Waals surface area contributed by atoms with Gasteiger partial charge in [0.15, 0.2) is 0 Å². The Hall–Kier alpha value is -0.910. The normalized spacial score (nSPS) is 20.2. The summed E-state index contributed by atoms with van der Waals surface area (Å²) in [6.07, 6.45) is 9.73. The molecule has 11 heavy (non-hydrogen) atoms. The van der Waals surface area contributed by atoms with Gasteiger partial charge in [0.05, 0.1) is 6.92 Å². The lowest BCUT2D eigenvalue weighted by molar-refractivity contribution is 0.862. The van der Waals surface area contributed by atoms with Crippen molar-refractivity contribution in [3.8, 4) is 0 Å². The van der Waals surface area contributed by atoms with E-state index >= 15 is 0 Å². The van der Waals surface area contributed by atoms with E-state index in [2.05, 4.69) is 45.1 Å². The van der Waals surface area contributed by atoms with Gasteiger partial charge in [-0.3, -0.25) is 0 Å². The molecule has 0 heteroatoms. The van der Waals surface area contributed by atoms with E-state index in [1.165, 1.54) is 11.1 Å². The fourth-order valence-electron chi connectivity index (χ4n) is 1.33. The fourth-order valence-corrected chi connectivity index (χ4v) is 1.33. The van der Waals surface area contributed by atoms with Crippen LogP contribution in [0, 0.1) is 12.8 Å². The monoisotopic (exact) mass is 147 g/mol. The molecular formula is C11H15+. The van der Waals surface area contributed by atoms with Crippen LogP contribution in [0.15, 0.2) is 35.5 Å². The first-order valence-electron chi connectivity index (χ1n) is 4.08. The van der Waals surface area contributed by atoms with Gasteiger partial charge in [-0.1, -0.05) is 24.3 Å². The van der Waals surface area contributed by atoms with Gasteiger partial charge in [-0.15, -0.1) is 0 Å². The molecule has 1 rings (SSSR count). The highest BCUT2D eigenvalue weighted by molar-refractivity contribution is 5.36. The van der Waals surface area contributed by atoms with Crippen LogP contribution in [0.4, 0.5) is 0 Å². The van der Waals surface area contributed by atoms with E-state index in [1.54, 1.807) is 0 Å². The van der Waals surface area contributed by atoms with E-state index < -0.39 is 0 Å². The molecule has 0 N–H and O–H groups in total. The van der Waals surface area contributed by atoms with E-state index in [9.17, 15) is 0 Å². The number of hydrogen-bond donors (Lipinski definition) is 0. The zero-order valence-corrected chi connectivity index (χ0v) is 7.30. The summed E-state index contributed by atoms with van der Waals surface area (Å²) >= 11 is 0. The number of hydrogen-bond acceptors (Lipinski definition) is 0. The second kappa shape index (κ2) is 3.47. The largest absolute Gasteiger partial charge is 0.117 e. The lowest BCUT2D eigenvalue weighted by Crippen LogP contribution is -1.95. The highest BCUT2D eigenvalue weighted by Gasteiger charge is 2.10. The molecule has 0 spiro atoms. The molecule has 0 aromatic carbocycles. The van der Waals surface area contributed by atoms with Gasteiger partial charge in [0.2, 0.25) is 0 Å². The summed E-state index contributed by atoms with van der Waals surface area (Å²) in [5, 5.41) is 0. The van der Waals surface area contributed by atoms with Crippen molar-refractivity contribution < 1.29 is 0 Å². The van der Waals surface area contributed by atoms with Crippen molar-refractivity contribution in [3.63, 3.8) is 0 Å². The van der Waals surface area contributed by atoms with Crippen LogP contribution < -0.4 is 0 Å². The van der Waals surface area contributed by atoms with Gasteiger partial charge in [-0.25, -0.2) is 0 Å². The number of allylic oxidation sites excluding steroid dienone is 6. The van der Waals surface area contributed by atoms with E-state index in [4.69, 9.17) is 0 Å². The molecule has 0 fully saturated rings. The molecule has 0 aliphatic heterocycles. The van der Waals surface area contributed by atoms with Crippen molar-refractivity contribution in [2.24, 2.45) is 5.92 Å². The zero-order chi connectivity index (χ0) is 8.27. The van der Waals surface area contributed by atoms with Crippen molar-refractivity contribution in [3.05, 3.63) is 42.4 Å². The van der Waals surface area contributed by atoms with Crippen molar-refractivity contribution >= 4 is 0 Å². The van der Waals surface area contributed by atoms with Crippen LogP contribution in [0.3, 0.4) is 0 Å². The van der Waals surface area contributed by atoms with Crippen LogP contribution in [0.25, 0.3) is 0 Å². The van der Waals surface area contributed by atoms with Crippen molar-refractivity contribution in [1.82, 2.24) is 0 Å². The van der Waals surface area contributed by atoms with Crippen molar-refractivity contribution in [1.29, 1.82) is 0 Å². The Bertz CT molecular complexity index is 214. The quantitative estimate of drug-likeness (QED) is 0.499. The third kappa shape index (κ3) is 2.01. The number of rotatable bonds is 1. The highest BCUT2D eigenvalue weighted by Crippen LogP contribution is 2.21. The predicted octanol–water partition coefficient (Wildman–Crippen LogP) is 3.29. The van der Waals surface area contributed by atoms with Crippen molar-refractivity contribution in [2.75, 3.05) is 0 Å². The SMILES string of the molecule is [CH2+]C(C)C1=CCC=CC=C1C. The molecule has 0 saturated carbocycles. The van der Waals surface area contributed by atoms with Gasteiger partial charge in [0, 0.05) is 0 Å². The summed E-state index contributed by atoms with van der Waals surface area (Å²) in [6.45, 7) is 8.29. The maximum absolute atomic E-state index is 4.02. The molecule has 0 radical (unpaired) electrons. The van der Waals surface area contributed by atoms with Crippen LogP contribution in [0.1, 0.15) is 20.3 Å². The van der Waals surface area contributed by atoms with Gasteiger partial charge in [-0.2, -0.15) is 0 Å². The Morgan fingerprint density at radius 2 is 2.27 bits per heavy atom. The first-order valence-corrected chi connectivity index (χ1v) is 4.08. The fraction of sp³-hybridized carbons (Fsp3) is 0.364. The summed E-state index contributed by atoms with van der Waals surface area (Å²) in [7, 11) is 0. The summed E-state index contributed by atoms with van der Waals surface area (Å²) in [5.74, 6) is 0.408. The minimum Gasteiger partial charge on any atom is -0.0807 e. The predicted molar refractivity (Wildman–Crippen MR) is 50.1 cm³/mol. The topological polar surface area (TPSA) is 0 Å².